The molecule has 16 nitrogen and oxygen atoms in total. The molecule has 0 radical (unpaired) electrons. The van der Waals surface area contributed by atoms with Crippen molar-refractivity contribution in [2.45, 2.75) is 102 Å². The number of nitrogens with one attached hydrogen (secondary N) is 6. The number of amides is 6. The number of ether oxygens (including phenoxy) is 2. The van der Waals surface area contributed by atoms with Crippen LogP contribution in [0.1, 0.15) is 73.6 Å². The molecule has 2 aliphatic heterocycles. The SMILES string of the molecule is CNCCC[C@@H]1NC(=O)C2(CCN(C(=O)OC(C)(C)C)CC2)NC(=O)CNC(=O)C(CC(=O)OC(C)(C)C)NC(=O)CNC1=O. The molecule has 0 aromatic heterocycles. The Labute approximate surface area is 263 Å². The van der Waals surface area contributed by atoms with Crippen LogP contribution < -0.4 is 31.9 Å². The lowest BCUT2D eigenvalue weighted by molar-refractivity contribution is -0.156. The van der Waals surface area contributed by atoms with Gasteiger partial charge in [0.1, 0.15) is 28.8 Å². The normalized spacial score (nSPS) is 22.1. The first kappa shape index (κ1) is 37.2. The molecule has 2 fully saturated rings. The summed E-state index contributed by atoms with van der Waals surface area (Å²) in [6.07, 6.45) is -0.361. The lowest BCUT2D eigenvalue weighted by atomic mass is 9.85. The summed E-state index contributed by atoms with van der Waals surface area (Å²) in [5, 5.41) is 15.7. The van der Waals surface area contributed by atoms with Crippen LogP contribution in [0.2, 0.25) is 0 Å². The summed E-state index contributed by atoms with van der Waals surface area (Å²) >= 11 is 0. The van der Waals surface area contributed by atoms with E-state index < -0.39 is 89.9 Å². The number of nitrogens with zero attached hydrogens (tertiary/aromatic N) is 1. The van der Waals surface area contributed by atoms with Crippen molar-refractivity contribution in [3.05, 3.63) is 0 Å². The van der Waals surface area contributed by atoms with E-state index >= 15 is 0 Å². The van der Waals surface area contributed by atoms with Gasteiger partial charge in [0.05, 0.1) is 19.5 Å². The van der Waals surface area contributed by atoms with Crippen LogP contribution in [0, 0.1) is 0 Å². The highest BCUT2D eigenvalue weighted by atomic mass is 16.6. The lowest BCUT2D eigenvalue weighted by Crippen LogP contribution is -2.66. The van der Waals surface area contributed by atoms with Gasteiger partial charge >= 0.3 is 12.1 Å². The smallest absolute Gasteiger partial charge is 0.410 e. The summed E-state index contributed by atoms with van der Waals surface area (Å²) in [5.74, 6) is -4.38. The van der Waals surface area contributed by atoms with Crippen molar-refractivity contribution in [3.63, 3.8) is 0 Å². The molecule has 45 heavy (non-hydrogen) atoms. The molecule has 2 rings (SSSR count). The molecule has 1 spiro atoms. The van der Waals surface area contributed by atoms with Gasteiger partial charge in [-0.2, -0.15) is 0 Å². The third-order valence-electron chi connectivity index (χ3n) is 6.91. The summed E-state index contributed by atoms with van der Waals surface area (Å²) in [6, 6.07) is -2.46. The average molecular weight is 640 g/mol. The van der Waals surface area contributed by atoms with E-state index in [1.165, 1.54) is 4.90 Å². The molecule has 0 aliphatic carbocycles. The highest BCUT2D eigenvalue weighted by molar-refractivity contribution is 5.98. The van der Waals surface area contributed by atoms with E-state index in [9.17, 15) is 33.6 Å². The fourth-order valence-corrected chi connectivity index (χ4v) is 4.75. The number of hydrogen-bond donors (Lipinski definition) is 6. The van der Waals surface area contributed by atoms with Gasteiger partial charge in [0, 0.05) is 13.1 Å². The lowest BCUT2D eigenvalue weighted by Gasteiger charge is -2.41. The van der Waals surface area contributed by atoms with Crippen LogP contribution in [-0.2, 0) is 38.2 Å². The Hall–Kier alpha value is -3.95. The van der Waals surface area contributed by atoms with Crippen molar-refractivity contribution in [1.82, 2.24) is 36.8 Å². The van der Waals surface area contributed by atoms with Crippen molar-refractivity contribution < 1.29 is 43.0 Å². The number of esters is 1. The molecule has 6 N–H and O–H groups in total. The second-order valence-electron chi connectivity index (χ2n) is 13.2. The molecule has 2 atom stereocenters. The molecule has 0 bridgehead atoms. The number of carbonyl (C=O) groups is 7. The van der Waals surface area contributed by atoms with Gasteiger partial charge in [0.2, 0.25) is 29.5 Å². The highest BCUT2D eigenvalue weighted by Crippen LogP contribution is 2.25. The van der Waals surface area contributed by atoms with E-state index in [2.05, 4.69) is 31.9 Å². The first-order valence-electron chi connectivity index (χ1n) is 15.2. The van der Waals surface area contributed by atoms with Crippen LogP contribution in [0.15, 0.2) is 0 Å². The first-order chi connectivity index (χ1) is 20.8. The van der Waals surface area contributed by atoms with Crippen LogP contribution in [-0.4, -0.2) is 115 Å². The average Bonchev–Trinajstić information content (AvgIpc) is 2.91. The molecule has 2 heterocycles. The first-order valence-corrected chi connectivity index (χ1v) is 15.2. The van der Waals surface area contributed by atoms with E-state index in [1.807, 2.05) is 0 Å². The summed E-state index contributed by atoms with van der Waals surface area (Å²) < 4.78 is 10.7. The Morgan fingerprint density at radius 2 is 1.40 bits per heavy atom. The monoisotopic (exact) mass is 639 g/mol. The maximum atomic E-state index is 13.8. The third kappa shape index (κ3) is 12.5. The molecule has 0 aromatic carbocycles. The van der Waals surface area contributed by atoms with Gasteiger partial charge in [-0.1, -0.05) is 0 Å². The van der Waals surface area contributed by atoms with E-state index in [1.54, 1.807) is 48.6 Å². The van der Waals surface area contributed by atoms with Crippen LogP contribution in [0.3, 0.4) is 0 Å². The number of hydrogen-bond acceptors (Lipinski definition) is 10. The summed E-state index contributed by atoms with van der Waals surface area (Å²) in [4.78, 5) is 92.5. The largest absolute Gasteiger partial charge is 0.460 e. The van der Waals surface area contributed by atoms with Gasteiger partial charge in [0.15, 0.2) is 0 Å². The van der Waals surface area contributed by atoms with Crippen molar-refractivity contribution in [3.8, 4) is 0 Å². The zero-order valence-corrected chi connectivity index (χ0v) is 27.3. The van der Waals surface area contributed by atoms with Gasteiger partial charge in [-0.3, -0.25) is 28.8 Å². The van der Waals surface area contributed by atoms with Crippen molar-refractivity contribution in [2.75, 3.05) is 39.8 Å². The molecule has 2 aliphatic rings. The van der Waals surface area contributed by atoms with Crippen LogP contribution >= 0.6 is 0 Å². The van der Waals surface area contributed by atoms with Crippen LogP contribution in [0.5, 0.6) is 0 Å². The second-order valence-corrected chi connectivity index (χ2v) is 13.2. The maximum absolute atomic E-state index is 13.8. The second kappa shape index (κ2) is 15.9. The highest BCUT2D eigenvalue weighted by Gasteiger charge is 2.45. The van der Waals surface area contributed by atoms with Crippen LogP contribution in [0.4, 0.5) is 4.79 Å². The Kier molecular flexibility index (Phi) is 13.1. The van der Waals surface area contributed by atoms with Crippen LogP contribution in [0.25, 0.3) is 0 Å². The molecule has 254 valence electrons. The maximum Gasteiger partial charge on any atom is 0.410 e. The Balaban J connectivity index is 2.35. The standard InChI is InChI=1S/C29H49N7O9/c1-27(2,3)44-22(39)15-19-24(41)32-17-21(38)35-29(10-13-36(14-11-29)26(43)45-28(4,5)6)25(42)34-18(9-8-12-30-7)23(40)31-16-20(37)33-19/h18-19,30H,8-17H2,1-7H3,(H,31,40)(H,32,41)(H,33,37)(H,34,42)(H,35,38)/t18-,19?/m0/s1. The summed E-state index contributed by atoms with van der Waals surface area (Å²) in [5.41, 5.74) is -3.10. The van der Waals surface area contributed by atoms with Gasteiger partial charge < -0.3 is 46.3 Å². The number of rotatable bonds is 6. The Morgan fingerprint density at radius 3 is 1.96 bits per heavy atom. The predicted molar refractivity (Wildman–Crippen MR) is 161 cm³/mol. The molecule has 0 saturated carbocycles. The predicted octanol–water partition coefficient (Wildman–Crippen LogP) is -1.18. The number of piperidine rings is 1. The van der Waals surface area contributed by atoms with Gasteiger partial charge in [-0.25, -0.2) is 4.79 Å². The summed E-state index contributed by atoms with van der Waals surface area (Å²) in [7, 11) is 1.74. The Morgan fingerprint density at radius 1 is 0.844 bits per heavy atom. The van der Waals surface area contributed by atoms with E-state index in [0.29, 0.717) is 13.0 Å². The van der Waals surface area contributed by atoms with Gasteiger partial charge in [-0.05, 0) is 80.8 Å². The summed E-state index contributed by atoms with van der Waals surface area (Å²) in [6.45, 7) is 9.73. The van der Waals surface area contributed by atoms with E-state index in [4.69, 9.17) is 9.47 Å². The van der Waals surface area contributed by atoms with E-state index in [0.717, 1.165) is 0 Å². The fraction of sp³-hybridized carbons (Fsp3) is 0.759. The molecule has 6 amide bonds. The minimum absolute atomic E-state index is 0.00390. The minimum Gasteiger partial charge on any atom is -0.460 e. The quantitative estimate of drug-likeness (QED) is 0.151. The number of likely N-dealkylation sites (tertiary alicyclic amines) is 1. The zero-order chi connectivity index (χ0) is 34.0. The topological polar surface area (TPSA) is 213 Å². The third-order valence-corrected chi connectivity index (χ3v) is 6.91. The van der Waals surface area contributed by atoms with E-state index in [-0.39, 0.29) is 32.4 Å². The molecule has 16 heteroatoms. The zero-order valence-electron chi connectivity index (χ0n) is 27.3. The number of carbonyl (C=O) groups excluding carboxylic acids is 7. The molecule has 0 aromatic rings. The Bertz CT molecular complexity index is 1120. The molecule has 2 saturated heterocycles. The molecular weight excluding hydrogens is 590 g/mol. The van der Waals surface area contributed by atoms with Crippen molar-refractivity contribution in [2.24, 2.45) is 0 Å². The molecular formula is C29H49N7O9. The van der Waals surface area contributed by atoms with Crippen molar-refractivity contribution >= 4 is 41.6 Å². The van der Waals surface area contributed by atoms with Gasteiger partial charge in [-0.15, -0.1) is 0 Å². The molecule has 1 unspecified atom stereocenters. The minimum atomic E-state index is -1.52. The van der Waals surface area contributed by atoms with Gasteiger partial charge in [0.25, 0.3) is 0 Å². The van der Waals surface area contributed by atoms with Crippen molar-refractivity contribution in [1.29, 1.82) is 0 Å². The fourth-order valence-electron chi connectivity index (χ4n) is 4.75.